The van der Waals surface area contributed by atoms with Crippen LogP contribution in [-0.2, 0) is 0 Å². The zero-order chi connectivity index (χ0) is 15.6. The molecule has 1 atom stereocenters. The molecule has 114 valence electrons. The van der Waals surface area contributed by atoms with Gasteiger partial charge in [-0.1, -0.05) is 48.5 Å². The lowest BCUT2D eigenvalue weighted by molar-refractivity contribution is 0.380. The van der Waals surface area contributed by atoms with Crippen LogP contribution in [0.1, 0.15) is 11.7 Å². The van der Waals surface area contributed by atoms with Gasteiger partial charge in [0.05, 0.1) is 7.11 Å². The highest BCUT2D eigenvalue weighted by Crippen LogP contribution is 2.38. The number of methoxy groups -OCH3 is 1. The van der Waals surface area contributed by atoms with E-state index in [-0.39, 0.29) is 6.17 Å². The third kappa shape index (κ3) is 2.46. The van der Waals surface area contributed by atoms with Crippen LogP contribution >= 0.6 is 0 Å². The second kappa shape index (κ2) is 5.61. The Hall–Kier alpha value is -3.08. The Morgan fingerprint density at radius 2 is 1.70 bits per heavy atom. The van der Waals surface area contributed by atoms with E-state index in [4.69, 9.17) is 4.74 Å². The van der Waals surface area contributed by atoms with Gasteiger partial charge >= 0.3 is 6.01 Å². The third-order valence-electron chi connectivity index (χ3n) is 3.88. The van der Waals surface area contributed by atoms with Gasteiger partial charge in [-0.25, -0.2) is 4.98 Å². The van der Waals surface area contributed by atoms with E-state index >= 15 is 0 Å². The molecule has 1 aromatic heterocycles. The molecule has 0 saturated carbocycles. The fourth-order valence-corrected chi connectivity index (χ4v) is 2.76. The monoisotopic (exact) mass is 304 g/mol. The van der Waals surface area contributed by atoms with Crippen molar-refractivity contribution in [2.24, 2.45) is 0 Å². The fourth-order valence-electron chi connectivity index (χ4n) is 2.76. The molecule has 2 aromatic carbocycles. The zero-order valence-electron chi connectivity index (χ0n) is 12.7. The summed E-state index contributed by atoms with van der Waals surface area (Å²) in [6, 6.07) is 18.7. The highest BCUT2D eigenvalue weighted by Gasteiger charge is 2.22. The molecule has 2 N–H and O–H groups in total. The summed E-state index contributed by atoms with van der Waals surface area (Å²) in [5.41, 5.74) is 4.19. The van der Waals surface area contributed by atoms with Gasteiger partial charge in [0, 0.05) is 23.0 Å². The van der Waals surface area contributed by atoms with Crippen molar-refractivity contribution in [2.75, 3.05) is 17.7 Å². The largest absolute Gasteiger partial charge is 0.467 e. The molecular formula is C18H16N4O. The predicted molar refractivity (Wildman–Crippen MR) is 90.4 cm³/mol. The lowest BCUT2D eigenvalue weighted by Crippen LogP contribution is -2.19. The van der Waals surface area contributed by atoms with Gasteiger partial charge < -0.3 is 15.4 Å². The molecule has 0 saturated heterocycles. The first-order valence-corrected chi connectivity index (χ1v) is 7.43. The van der Waals surface area contributed by atoms with Crippen molar-refractivity contribution < 1.29 is 4.74 Å². The molecule has 0 bridgehead atoms. The van der Waals surface area contributed by atoms with E-state index in [1.165, 1.54) is 0 Å². The summed E-state index contributed by atoms with van der Waals surface area (Å²) in [7, 11) is 1.57. The number of ether oxygens (including phenoxy) is 1. The van der Waals surface area contributed by atoms with E-state index in [1.807, 2.05) is 30.3 Å². The highest BCUT2D eigenvalue weighted by atomic mass is 16.5. The Morgan fingerprint density at radius 1 is 0.913 bits per heavy atom. The number of aromatic nitrogens is 2. The Kier molecular flexibility index (Phi) is 3.31. The molecule has 0 spiro atoms. The van der Waals surface area contributed by atoms with Crippen LogP contribution < -0.4 is 15.4 Å². The highest BCUT2D eigenvalue weighted by molar-refractivity contribution is 5.86. The van der Waals surface area contributed by atoms with Crippen LogP contribution in [0.25, 0.3) is 11.1 Å². The molecule has 0 fully saturated rings. The van der Waals surface area contributed by atoms with Gasteiger partial charge in [-0.05, 0) is 11.6 Å². The van der Waals surface area contributed by atoms with E-state index in [0.29, 0.717) is 6.01 Å². The van der Waals surface area contributed by atoms with Crippen LogP contribution in [0.5, 0.6) is 6.01 Å². The van der Waals surface area contributed by atoms with Gasteiger partial charge in [-0.3, -0.25) is 0 Å². The summed E-state index contributed by atoms with van der Waals surface area (Å²) < 4.78 is 5.17. The Labute approximate surface area is 134 Å². The summed E-state index contributed by atoms with van der Waals surface area (Å²) in [5, 5.41) is 7.00. The minimum atomic E-state index is -0.0850. The van der Waals surface area contributed by atoms with Crippen LogP contribution in [0.3, 0.4) is 0 Å². The van der Waals surface area contributed by atoms with Crippen molar-refractivity contribution >= 4 is 11.5 Å². The van der Waals surface area contributed by atoms with E-state index in [2.05, 4.69) is 44.9 Å². The molecule has 0 aliphatic carbocycles. The number of nitrogens with zero attached hydrogens (tertiary/aromatic N) is 2. The first kappa shape index (κ1) is 13.6. The topological polar surface area (TPSA) is 59.1 Å². The molecule has 0 amide bonds. The first-order chi connectivity index (χ1) is 11.3. The van der Waals surface area contributed by atoms with E-state index in [0.717, 1.165) is 28.2 Å². The summed E-state index contributed by atoms with van der Waals surface area (Å²) >= 11 is 0. The molecule has 5 nitrogen and oxygen atoms in total. The third-order valence-corrected chi connectivity index (χ3v) is 3.88. The summed E-state index contributed by atoms with van der Waals surface area (Å²) in [5.74, 6) is 0.753. The zero-order valence-corrected chi connectivity index (χ0v) is 12.7. The summed E-state index contributed by atoms with van der Waals surface area (Å²) in [6.45, 7) is 0. The number of hydrogen-bond acceptors (Lipinski definition) is 5. The molecule has 2 heterocycles. The van der Waals surface area contributed by atoms with Crippen LogP contribution in [0.2, 0.25) is 0 Å². The lowest BCUT2D eigenvalue weighted by Gasteiger charge is -2.20. The van der Waals surface area contributed by atoms with Crippen LogP contribution in [0, 0.1) is 0 Å². The van der Waals surface area contributed by atoms with Crippen LogP contribution in [-0.4, -0.2) is 17.1 Å². The smallest absolute Gasteiger partial charge is 0.318 e. The van der Waals surface area contributed by atoms with Gasteiger partial charge in [0.2, 0.25) is 0 Å². The van der Waals surface area contributed by atoms with Gasteiger partial charge in [0.1, 0.15) is 12.0 Å². The van der Waals surface area contributed by atoms with E-state index < -0.39 is 0 Å². The number of nitrogens with one attached hydrogen (secondary N) is 2. The number of para-hydroxylation sites is 1. The number of hydrogen-bond donors (Lipinski definition) is 2. The van der Waals surface area contributed by atoms with Crippen molar-refractivity contribution in [3.05, 3.63) is 66.4 Å². The first-order valence-electron chi connectivity index (χ1n) is 7.43. The summed E-state index contributed by atoms with van der Waals surface area (Å²) in [4.78, 5) is 8.73. The van der Waals surface area contributed by atoms with Crippen molar-refractivity contribution in [1.29, 1.82) is 0 Å². The quantitative estimate of drug-likeness (QED) is 0.756. The van der Waals surface area contributed by atoms with Crippen molar-refractivity contribution in [2.45, 2.75) is 6.17 Å². The van der Waals surface area contributed by atoms with Crippen LogP contribution in [0.4, 0.5) is 11.5 Å². The van der Waals surface area contributed by atoms with Gasteiger partial charge in [0.15, 0.2) is 0 Å². The van der Waals surface area contributed by atoms with Gasteiger partial charge in [-0.15, -0.1) is 0 Å². The number of benzene rings is 2. The molecule has 5 heteroatoms. The molecular weight excluding hydrogens is 288 g/mol. The molecule has 0 radical (unpaired) electrons. The maximum Gasteiger partial charge on any atom is 0.318 e. The molecule has 23 heavy (non-hydrogen) atoms. The predicted octanol–water partition coefficient (Wildman–Crippen LogP) is 3.69. The Morgan fingerprint density at radius 3 is 2.52 bits per heavy atom. The number of rotatable bonds is 2. The maximum absolute atomic E-state index is 5.17. The normalized spacial score (nSPS) is 15.4. The minimum Gasteiger partial charge on any atom is -0.467 e. The number of anilines is 2. The van der Waals surface area contributed by atoms with Crippen molar-refractivity contribution in [3.8, 4) is 17.1 Å². The summed E-state index contributed by atoms with van der Waals surface area (Å²) in [6.07, 6.45) is 1.71. The lowest BCUT2D eigenvalue weighted by atomic mass is 10.1. The van der Waals surface area contributed by atoms with E-state index in [1.54, 1.807) is 13.3 Å². The average Bonchev–Trinajstić information content (AvgIpc) is 2.78. The molecule has 1 aliphatic rings. The Balaban J connectivity index is 1.87. The molecule has 4 rings (SSSR count). The van der Waals surface area contributed by atoms with E-state index in [9.17, 15) is 0 Å². The Bertz CT molecular complexity index is 835. The minimum absolute atomic E-state index is 0.0850. The second-order valence-corrected chi connectivity index (χ2v) is 5.30. The van der Waals surface area contributed by atoms with Gasteiger partial charge in [-0.2, -0.15) is 4.98 Å². The average molecular weight is 304 g/mol. The molecule has 1 unspecified atom stereocenters. The SMILES string of the molecule is COc1ncc2c(n1)NC(c1ccccc1)Nc1ccccc1-2. The van der Waals surface area contributed by atoms with Crippen molar-refractivity contribution in [1.82, 2.24) is 9.97 Å². The maximum atomic E-state index is 5.17. The molecule has 3 aromatic rings. The van der Waals surface area contributed by atoms with Crippen molar-refractivity contribution in [3.63, 3.8) is 0 Å². The second-order valence-electron chi connectivity index (χ2n) is 5.30. The molecule has 1 aliphatic heterocycles. The number of fused-ring (bicyclic) bond motifs is 3. The standard InChI is InChI=1S/C18H16N4O/c1-23-18-19-11-14-13-9-5-6-10-15(13)20-16(21-17(14)22-18)12-7-3-2-4-8-12/h2-11,16,20H,1H3,(H,19,21,22). The van der Waals surface area contributed by atoms with Crippen LogP contribution in [0.15, 0.2) is 60.8 Å². The fraction of sp³-hybridized carbons (Fsp3) is 0.111. The van der Waals surface area contributed by atoms with Gasteiger partial charge in [0.25, 0.3) is 0 Å².